The number of rotatable bonds is 11. The van der Waals surface area contributed by atoms with Crippen LogP contribution in [-0.4, -0.2) is 33.0 Å². The Hall–Kier alpha value is 0.400. The second-order valence-electron chi connectivity index (χ2n) is 4.55. The Morgan fingerprint density at radius 3 is 1.45 bits per heavy atom. The average molecular weight is 510 g/mol. The van der Waals surface area contributed by atoms with Crippen molar-refractivity contribution in [3.05, 3.63) is 0 Å². The summed E-state index contributed by atoms with van der Waals surface area (Å²) in [5.41, 5.74) is 0. The van der Waals surface area contributed by atoms with Gasteiger partial charge in [0.1, 0.15) is 7.85 Å². The van der Waals surface area contributed by atoms with Crippen molar-refractivity contribution in [1.82, 2.24) is 0 Å². The predicted molar refractivity (Wildman–Crippen MR) is 96.6 cm³/mol. The van der Waals surface area contributed by atoms with E-state index in [1.807, 2.05) is 45.2 Å². The fourth-order valence-electron chi connectivity index (χ4n) is 1.45. The van der Waals surface area contributed by atoms with Crippen molar-refractivity contribution in [2.75, 3.05) is 13.2 Å². The lowest BCUT2D eigenvalue weighted by molar-refractivity contribution is -0.148. The molecule has 0 amide bonds. The molecule has 2 unspecified atom stereocenters. The van der Waals surface area contributed by atoms with Gasteiger partial charge in [-0.1, -0.05) is 84.7 Å². The number of halogens is 2. The first-order valence-corrected chi connectivity index (χ1v) is 9.65. The molecule has 0 aromatic heterocycles. The van der Waals surface area contributed by atoms with Gasteiger partial charge in [-0.3, -0.25) is 9.59 Å². The summed E-state index contributed by atoms with van der Waals surface area (Å²) in [5, 5.41) is 0. The van der Waals surface area contributed by atoms with Gasteiger partial charge in [0.2, 0.25) is 0 Å². The molecule has 0 aliphatic heterocycles. The Bertz CT molecular complexity index is 256. The standard InChI is InChI=1S/C14H24I2O4/c1-3-5-7-9-19-13(17)11(15)12(16)14(18)20-10-8-6-4-2/h11-12H,3-10H2,1-2H3. The van der Waals surface area contributed by atoms with Gasteiger partial charge in [0, 0.05) is 0 Å². The summed E-state index contributed by atoms with van der Waals surface area (Å²) >= 11 is 3.91. The van der Waals surface area contributed by atoms with E-state index in [0.29, 0.717) is 13.2 Å². The van der Waals surface area contributed by atoms with E-state index >= 15 is 0 Å². The van der Waals surface area contributed by atoms with Crippen molar-refractivity contribution >= 4 is 57.1 Å². The number of carbonyl (C=O) groups excluding carboxylic acids is 2. The number of esters is 2. The Morgan fingerprint density at radius 1 is 0.800 bits per heavy atom. The molecule has 0 aromatic rings. The SMILES string of the molecule is CCCCCOC(=O)C(I)C(I)C(=O)OCCCCC. The molecule has 0 aliphatic rings. The summed E-state index contributed by atoms with van der Waals surface area (Å²) in [4.78, 5) is 23.6. The number of unbranched alkanes of at least 4 members (excludes halogenated alkanes) is 4. The molecule has 0 bridgehead atoms. The van der Waals surface area contributed by atoms with E-state index in [2.05, 4.69) is 13.8 Å². The zero-order valence-electron chi connectivity index (χ0n) is 12.2. The molecule has 20 heavy (non-hydrogen) atoms. The van der Waals surface area contributed by atoms with Crippen molar-refractivity contribution in [3.63, 3.8) is 0 Å². The van der Waals surface area contributed by atoms with Crippen molar-refractivity contribution in [2.24, 2.45) is 0 Å². The van der Waals surface area contributed by atoms with Crippen molar-refractivity contribution in [3.8, 4) is 0 Å². The second-order valence-corrected chi connectivity index (χ2v) is 7.24. The molecule has 0 saturated heterocycles. The highest BCUT2D eigenvalue weighted by Crippen LogP contribution is 2.19. The van der Waals surface area contributed by atoms with Crippen molar-refractivity contribution in [2.45, 2.75) is 60.2 Å². The molecule has 4 nitrogen and oxygen atoms in total. The lowest BCUT2D eigenvalue weighted by atomic mass is 10.2. The highest BCUT2D eigenvalue weighted by molar-refractivity contribution is 14.1. The summed E-state index contributed by atoms with van der Waals surface area (Å²) < 4.78 is 9.34. The molecule has 0 heterocycles. The summed E-state index contributed by atoms with van der Waals surface area (Å²) in [6.07, 6.45) is 6.02. The highest BCUT2D eigenvalue weighted by atomic mass is 127. The maximum Gasteiger partial charge on any atom is 0.320 e. The fraction of sp³-hybridized carbons (Fsp3) is 0.857. The predicted octanol–water partition coefficient (Wildman–Crippen LogP) is 4.06. The minimum Gasteiger partial charge on any atom is -0.465 e. The van der Waals surface area contributed by atoms with Crippen LogP contribution < -0.4 is 0 Å². The normalized spacial score (nSPS) is 13.6. The second kappa shape index (κ2) is 13.1. The van der Waals surface area contributed by atoms with Gasteiger partial charge in [-0.2, -0.15) is 0 Å². The van der Waals surface area contributed by atoms with Gasteiger partial charge in [0.25, 0.3) is 0 Å². The van der Waals surface area contributed by atoms with Crippen LogP contribution in [0, 0.1) is 0 Å². The Balaban J connectivity index is 3.95. The summed E-state index contributed by atoms with van der Waals surface area (Å²) in [6, 6.07) is 0. The molecule has 0 saturated carbocycles. The first kappa shape index (κ1) is 20.4. The first-order chi connectivity index (χ1) is 9.54. The van der Waals surface area contributed by atoms with E-state index in [4.69, 9.17) is 9.47 Å². The molecular weight excluding hydrogens is 486 g/mol. The minimum absolute atomic E-state index is 0.327. The van der Waals surface area contributed by atoms with Gasteiger partial charge in [-0.15, -0.1) is 0 Å². The Morgan fingerprint density at radius 2 is 1.15 bits per heavy atom. The van der Waals surface area contributed by atoms with Crippen LogP contribution in [0.1, 0.15) is 52.4 Å². The van der Waals surface area contributed by atoms with Gasteiger partial charge >= 0.3 is 11.9 Å². The zero-order valence-corrected chi connectivity index (χ0v) is 16.5. The largest absolute Gasteiger partial charge is 0.465 e. The van der Waals surface area contributed by atoms with Crippen LogP contribution in [0.5, 0.6) is 0 Å². The lowest BCUT2D eigenvalue weighted by Gasteiger charge is -2.15. The van der Waals surface area contributed by atoms with Crippen LogP contribution >= 0.6 is 45.2 Å². The molecule has 6 heteroatoms. The van der Waals surface area contributed by atoms with Gasteiger partial charge in [-0.05, 0) is 12.8 Å². The van der Waals surface area contributed by atoms with E-state index in [0.717, 1.165) is 38.5 Å². The molecule has 2 atom stereocenters. The number of alkyl halides is 2. The van der Waals surface area contributed by atoms with Crippen molar-refractivity contribution in [1.29, 1.82) is 0 Å². The lowest BCUT2D eigenvalue weighted by Crippen LogP contribution is -2.33. The van der Waals surface area contributed by atoms with E-state index in [9.17, 15) is 9.59 Å². The average Bonchev–Trinajstić information content (AvgIpc) is 2.46. The van der Waals surface area contributed by atoms with Gasteiger partial charge < -0.3 is 9.47 Å². The molecule has 0 radical (unpaired) electrons. The zero-order chi connectivity index (χ0) is 15.4. The van der Waals surface area contributed by atoms with Gasteiger partial charge in [-0.25, -0.2) is 0 Å². The monoisotopic (exact) mass is 510 g/mol. The molecule has 0 N–H and O–H groups in total. The van der Waals surface area contributed by atoms with Crippen LogP contribution in [0.2, 0.25) is 0 Å². The quantitative estimate of drug-likeness (QED) is 0.182. The van der Waals surface area contributed by atoms with E-state index < -0.39 is 7.85 Å². The number of ether oxygens (including phenoxy) is 2. The Labute approximate surface area is 149 Å². The molecule has 0 rings (SSSR count). The van der Waals surface area contributed by atoms with Crippen LogP contribution in [0.15, 0.2) is 0 Å². The number of hydrogen-bond acceptors (Lipinski definition) is 4. The summed E-state index contributed by atoms with van der Waals surface area (Å²) in [6.45, 7) is 5.05. The topological polar surface area (TPSA) is 52.6 Å². The van der Waals surface area contributed by atoms with E-state index in [-0.39, 0.29) is 11.9 Å². The number of carbonyl (C=O) groups is 2. The van der Waals surface area contributed by atoms with E-state index in [1.165, 1.54) is 0 Å². The van der Waals surface area contributed by atoms with Crippen LogP contribution in [0.4, 0.5) is 0 Å². The third-order valence-electron chi connectivity index (χ3n) is 2.69. The molecule has 118 valence electrons. The Kier molecular flexibility index (Phi) is 13.4. The molecule has 0 aromatic carbocycles. The van der Waals surface area contributed by atoms with Crippen molar-refractivity contribution < 1.29 is 19.1 Å². The maximum absolute atomic E-state index is 11.8. The molecule has 0 aliphatic carbocycles. The first-order valence-electron chi connectivity index (χ1n) is 7.16. The fourth-order valence-corrected chi connectivity index (χ4v) is 2.39. The summed E-state index contributed by atoms with van der Waals surface area (Å²) in [5.74, 6) is -0.654. The van der Waals surface area contributed by atoms with Crippen LogP contribution in [0.3, 0.4) is 0 Å². The van der Waals surface area contributed by atoms with Crippen LogP contribution in [-0.2, 0) is 19.1 Å². The number of hydrogen-bond donors (Lipinski definition) is 0. The van der Waals surface area contributed by atoms with Gasteiger partial charge in [0.05, 0.1) is 13.2 Å². The molecular formula is C14H24I2O4. The third kappa shape index (κ3) is 9.36. The third-order valence-corrected chi connectivity index (χ3v) is 6.52. The smallest absolute Gasteiger partial charge is 0.320 e. The molecule has 0 fully saturated rings. The van der Waals surface area contributed by atoms with Crippen LogP contribution in [0.25, 0.3) is 0 Å². The minimum atomic E-state index is -0.492. The van der Waals surface area contributed by atoms with Gasteiger partial charge in [0.15, 0.2) is 0 Å². The molecule has 0 spiro atoms. The summed E-state index contributed by atoms with van der Waals surface area (Å²) in [7, 11) is 0. The maximum atomic E-state index is 11.8. The van der Waals surface area contributed by atoms with E-state index in [1.54, 1.807) is 0 Å². The highest BCUT2D eigenvalue weighted by Gasteiger charge is 2.31.